The van der Waals surface area contributed by atoms with Crippen molar-refractivity contribution in [1.82, 2.24) is 5.32 Å². The van der Waals surface area contributed by atoms with Crippen molar-refractivity contribution in [3.05, 3.63) is 30.3 Å². The van der Waals surface area contributed by atoms with Crippen molar-refractivity contribution in [2.75, 3.05) is 25.0 Å². The number of carbonyl (C=O) groups is 2. The Hall–Kier alpha value is -2.08. The van der Waals surface area contributed by atoms with E-state index < -0.39 is 17.9 Å². The van der Waals surface area contributed by atoms with Gasteiger partial charge in [-0.25, -0.2) is 0 Å². The molecule has 1 aromatic carbocycles. The third-order valence-corrected chi connectivity index (χ3v) is 2.67. The van der Waals surface area contributed by atoms with Crippen LogP contribution < -0.4 is 16.0 Å². The van der Waals surface area contributed by atoms with Crippen LogP contribution in [0.2, 0.25) is 0 Å². The van der Waals surface area contributed by atoms with Crippen molar-refractivity contribution in [3.8, 4) is 0 Å². The van der Waals surface area contributed by atoms with E-state index >= 15 is 0 Å². The molecule has 6 heteroatoms. The van der Waals surface area contributed by atoms with E-state index in [1.165, 1.54) is 0 Å². The molecule has 0 saturated carbocycles. The fourth-order valence-electron chi connectivity index (χ4n) is 1.57. The molecule has 1 rings (SSSR count). The normalized spacial score (nSPS) is 11.7. The van der Waals surface area contributed by atoms with Crippen LogP contribution in [0.4, 0.5) is 5.69 Å². The minimum Gasteiger partial charge on any atom is -0.481 e. The molecule has 0 bridgehead atoms. The van der Waals surface area contributed by atoms with E-state index in [-0.39, 0.29) is 6.42 Å². The maximum Gasteiger partial charge on any atom is 0.305 e. The monoisotopic (exact) mass is 265 g/mol. The minimum atomic E-state index is -1.08. The topological polar surface area (TPSA) is 95.7 Å². The Labute approximate surface area is 112 Å². The van der Waals surface area contributed by atoms with E-state index in [1.807, 2.05) is 42.3 Å². The summed E-state index contributed by atoms with van der Waals surface area (Å²) in [4.78, 5) is 23.9. The van der Waals surface area contributed by atoms with Gasteiger partial charge in [0.15, 0.2) is 0 Å². The molecule has 6 nitrogen and oxygen atoms in total. The average Bonchev–Trinajstić information content (AvgIpc) is 2.38. The average molecular weight is 265 g/mol. The van der Waals surface area contributed by atoms with Gasteiger partial charge in [-0.15, -0.1) is 0 Å². The lowest BCUT2D eigenvalue weighted by Crippen LogP contribution is -2.44. The smallest absolute Gasteiger partial charge is 0.305 e. The number of anilines is 1. The number of carboxylic acid groups (broad SMARTS) is 1. The Morgan fingerprint density at radius 2 is 2.00 bits per heavy atom. The number of hydrogen-bond donors (Lipinski definition) is 3. The van der Waals surface area contributed by atoms with Gasteiger partial charge in [-0.05, 0) is 12.1 Å². The zero-order valence-electron chi connectivity index (χ0n) is 10.9. The van der Waals surface area contributed by atoms with Gasteiger partial charge in [0.25, 0.3) is 0 Å². The maximum absolute atomic E-state index is 11.5. The number of carboxylic acids is 1. The van der Waals surface area contributed by atoms with E-state index in [2.05, 4.69) is 5.32 Å². The number of benzene rings is 1. The number of aliphatic carboxylic acids is 1. The molecule has 0 saturated heterocycles. The first-order valence-electron chi connectivity index (χ1n) is 6.02. The number of carbonyl (C=O) groups excluding carboxylic acids is 1. The lowest BCUT2D eigenvalue weighted by atomic mass is 10.2. The van der Waals surface area contributed by atoms with Crippen molar-refractivity contribution in [1.29, 1.82) is 0 Å². The fourth-order valence-corrected chi connectivity index (χ4v) is 1.57. The highest BCUT2D eigenvalue weighted by molar-refractivity contribution is 5.85. The van der Waals surface area contributed by atoms with E-state index in [0.29, 0.717) is 13.1 Å². The number of amides is 1. The molecular formula is C13H19N3O3. The number of likely N-dealkylation sites (N-methyl/N-ethyl adjacent to an activating group) is 1. The van der Waals surface area contributed by atoms with Gasteiger partial charge in [0.2, 0.25) is 5.91 Å². The van der Waals surface area contributed by atoms with Gasteiger partial charge in [0, 0.05) is 25.8 Å². The van der Waals surface area contributed by atoms with Gasteiger partial charge in [-0.1, -0.05) is 18.2 Å². The Balaban J connectivity index is 2.30. The van der Waals surface area contributed by atoms with Gasteiger partial charge in [0.05, 0.1) is 12.5 Å². The van der Waals surface area contributed by atoms with Crippen molar-refractivity contribution in [2.45, 2.75) is 12.5 Å². The van der Waals surface area contributed by atoms with E-state index in [9.17, 15) is 9.59 Å². The summed E-state index contributed by atoms with van der Waals surface area (Å²) >= 11 is 0. The lowest BCUT2D eigenvalue weighted by Gasteiger charge is -2.20. The van der Waals surface area contributed by atoms with Crippen LogP contribution in [0.15, 0.2) is 30.3 Å². The third-order valence-electron chi connectivity index (χ3n) is 2.67. The van der Waals surface area contributed by atoms with Crippen molar-refractivity contribution in [3.63, 3.8) is 0 Å². The van der Waals surface area contributed by atoms with Crippen molar-refractivity contribution >= 4 is 17.6 Å². The molecule has 0 spiro atoms. The molecule has 0 aliphatic heterocycles. The third kappa shape index (κ3) is 5.39. The molecule has 0 heterocycles. The first kappa shape index (κ1) is 15.0. The van der Waals surface area contributed by atoms with Crippen molar-refractivity contribution < 1.29 is 14.7 Å². The summed E-state index contributed by atoms with van der Waals surface area (Å²) in [6.07, 6.45) is -0.361. The van der Waals surface area contributed by atoms with Crippen LogP contribution in [0.3, 0.4) is 0 Å². The van der Waals surface area contributed by atoms with Crippen molar-refractivity contribution in [2.24, 2.45) is 5.73 Å². The molecule has 1 amide bonds. The van der Waals surface area contributed by atoms with Crippen LogP contribution in [0.5, 0.6) is 0 Å². The Morgan fingerprint density at radius 1 is 1.37 bits per heavy atom. The summed E-state index contributed by atoms with van der Waals surface area (Å²) in [5.41, 5.74) is 6.49. The van der Waals surface area contributed by atoms with E-state index in [1.54, 1.807) is 0 Å². The molecule has 0 radical (unpaired) electrons. The highest BCUT2D eigenvalue weighted by Gasteiger charge is 2.16. The predicted octanol–water partition coefficient (Wildman–Crippen LogP) is 0.0410. The van der Waals surface area contributed by atoms with Crippen LogP contribution in [-0.2, 0) is 9.59 Å². The van der Waals surface area contributed by atoms with E-state index in [0.717, 1.165) is 5.69 Å². The van der Waals surface area contributed by atoms with Gasteiger partial charge in [-0.2, -0.15) is 0 Å². The summed E-state index contributed by atoms with van der Waals surface area (Å²) in [5.74, 6) is -1.52. The quantitative estimate of drug-likeness (QED) is 0.647. The second-order valence-electron chi connectivity index (χ2n) is 4.25. The van der Waals surface area contributed by atoms with E-state index in [4.69, 9.17) is 10.8 Å². The maximum atomic E-state index is 11.5. The Morgan fingerprint density at radius 3 is 2.58 bits per heavy atom. The number of hydrogen-bond acceptors (Lipinski definition) is 4. The molecule has 19 heavy (non-hydrogen) atoms. The molecule has 104 valence electrons. The molecular weight excluding hydrogens is 246 g/mol. The van der Waals surface area contributed by atoms with Crippen LogP contribution in [0.1, 0.15) is 6.42 Å². The molecule has 0 aliphatic carbocycles. The number of nitrogens with two attached hydrogens (primary N) is 1. The molecule has 1 aromatic rings. The summed E-state index contributed by atoms with van der Waals surface area (Å²) in [5, 5.41) is 11.1. The molecule has 0 aromatic heterocycles. The van der Waals surface area contributed by atoms with Crippen LogP contribution in [-0.4, -0.2) is 43.2 Å². The summed E-state index contributed by atoms with van der Waals surface area (Å²) < 4.78 is 0. The number of nitrogens with zero attached hydrogens (tertiary/aromatic N) is 1. The second kappa shape index (κ2) is 7.38. The lowest BCUT2D eigenvalue weighted by molar-refractivity contribution is -0.139. The SMILES string of the molecule is CN(CCNC(=O)C(N)CC(=O)O)c1ccccc1. The summed E-state index contributed by atoms with van der Waals surface area (Å²) in [6, 6.07) is 8.75. The van der Waals surface area contributed by atoms with Gasteiger partial charge in [-0.3, -0.25) is 9.59 Å². The largest absolute Gasteiger partial charge is 0.481 e. The zero-order valence-corrected chi connectivity index (χ0v) is 10.9. The molecule has 1 unspecified atom stereocenters. The zero-order chi connectivity index (χ0) is 14.3. The first-order valence-corrected chi connectivity index (χ1v) is 6.02. The van der Waals surface area contributed by atoms with Crippen LogP contribution in [0, 0.1) is 0 Å². The minimum absolute atomic E-state index is 0.361. The Bertz CT molecular complexity index is 422. The van der Waals surface area contributed by atoms with Gasteiger partial charge < -0.3 is 21.1 Å². The fraction of sp³-hybridized carbons (Fsp3) is 0.385. The highest BCUT2D eigenvalue weighted by Crippen LogP contribution is 2.09. The Kier molecular flexibility index (Phi) is 5.81. The molecule has 1 atom stereocenters. The first-order chi connectivity index (χ1) is 9.00. The molecule has 0 aliphatic rings. The molecule has 4 N–H and O–H groups in total. The molecule has 0 fully saturated rings. The van der Waals surface area contributed by atoms with Gasteiger partial charge >= 0.3 is 5.97 Å². The number of nitrogens with one attached hydrogen (secondary N) is 1. The number of rotatable bonds is 7. The second-order valence-corrected chi connectivity index (χ2v) is 4.25. The summed E-state index contributed by atoms with van der Waals surface area (Å²) in [7, 11) is 1.92. The van der Waals surface area contributed by atoms with Gasteiger partial charge in [0.1, 0.15) is 0 Å². The standard InChI is InChI=1S/C13H19N3O3/c1-16(10-5-3-2-4-6-10)8-7-15-13(19)11(14)9-12(17)18/h2-6,11H,7-9,14H2,1H3,(H,15,19)(H,17,18). The summed E-state index contributed by atoms with van der Waals surface area (Å²) in [6.45, 7) is 1.03. The van der Waals surface area contributed by atoms with Crippen LogP contribution >= 0.6 is 0 Å². The van der Waals surface area contributed by atoms with Crippen LogP contribution in [0.25, 0.3) is 0 Å². The number of para-hydroxylation sites is 1. The highest BCUT2D eigenvalue weighted by atomic mass is 16.4. The predicted molar refractivity (Wildman–Crippen MR) is 72.9 cm³/mol.